The lowest BCUT2D eigenvalue weighted by Crippen LogP contribution is -2.54. The largest absolute Gasteiger partial charge is 0.391 e. The zero-order valence-corrected chi connectivity index (χ0v) is 10.6. The van der Waals surface area contributed by atoms with E-state index in [0.717, 1.165) is 45.1 Å². The number of aliphatic hydroxyl groups excluding tert-OH is 1. The van der Waals surface area contributed by atoms with E-state index in [2.05, 4.69) is 17.6 Å². The molecule has 4 nitrogen and oxygen atoms in total. The SMILES string of the molecule is CC1CCNC(C(=O)N[C@H]2CCCC[C@@H]2O)C1. The first-order chi connectivity index (χ1) is 8.16. The lowest BCUT2D eigenvalue weighted by Gasteiger charge is -2.32. The Hall–Kier alpha value is -0.610. The minimum atomic E-state index is -0.353. The Bertz CT molecular complexity index is 270. The van der Waals surface area contributed by atoms with Crippen LogP contribution in [-0.4, -0.2) is 35.7 Å². The molecule has 2 aliphatic rings. The number of piperidine rings is 1. The van der Waals surface area contributed by atoms with Gasteiger partial charge in [-0.15, -0.1) is 0 Å². The van der Waals surface area contributed by atoms with Gasteiger partial charge in [-0.25, -0.2) is 0 Å². The summed E-state index contributed by atoms with van der Waals surface area (Å²) in [5, 5.41) is 16.1. The first-order valence-electron chi connectivity index (χ1n) is 6.88. The summed E-state index contributed by atoms with van der Waals surface area (Å²) in [6.07, 6.45) is 5.62. The molecule has 2 fully saturated rings. The van der Waals surface area contributed by atoms with Crippen LogP contribution < -0.4 is 10.6 Å². The fraction of sp³-hybridized carbons (Fsp3) is 0.923. The molecule has 4 heteroatoms. The molecule has 1 heterocycles. The lowest BCUT2D eigenvalue weighted by atomic mass is 9.91. The van der Waals surface area contributed by atoms with Crippen LogP contribution in [0.3, 0.4) is 0 Å². The van der Waals surface area contributed by atoms with Gasteiger partial charge in [0.25, 0.3) is 0 Å². The Morgan fingerprint density at radius 3 is 2.76 bits per heavy atom. The fourth-order valence-corrected chi connectivity index (χ4v) is 2.87. The van der Waals surface area contributed by atoms with Gasteiger partial charge in [0.05, 0.1) is 18.2 Å². The van der Waals surface area contributed by atoms with Crippen molar-refractivity contribution >= 4 is 5.91 Å². The molecule has 1 amide bonds. The van der Waals surface area contributed by atoms with Crippen molar-refractivity contribution in [2.75, 3.05) is 6.54 Å². The van der Waals surface area contributed by atoms with Crippen molar-refractivity contribution in [2.24, 2.45) is 5.92 Å². The summed E-state index contributed by atoms with van der Waals surface area (Å²) in [7, 11) is 0. The van der Waals surface area contributed by atoms with Crippen molar-refractivity contribution in [1.82, 2.24) is 10.6 Å². The van der Waals surface area contributed by atoms with Gasteiger partial charge in [0.15, 0.2) is 0 Å². The van der Waals surface area contributed by atoms with Gasteiger partial charge in [-0.3, -0.25) is 4.79 Å². The average molecular weight is 240 g/mol. The molecule has 0 spiro atoms. The van der Waals surface area contributed by atoms with Crippen LogP contribution in [0.1, 0.15) is 45.4 Å². The second-order valence-electron chi connectivity index (χ2n) is 5.60. The molecular formula is C13H24N2O2. The molecule has 0 aromatic heterocycles. The van der Waals surface area contributed by atoms with E-state index in [1.807, 2.05) is 0 Å². The molecule has 4 atom stereocenters. The third-order valence-corrected chi connectivity index (χ3v) is 4.04. The highest BCUT2D eigenvalue weighted by Crippen LogP contribution is 2.20. The highest BCUT2D eigenvalue weighted by atomic mass is 16.3. The van der Waals surface area contributed by atoms with Gasteiger partial charge in [-0.1, -0.05) is 19.8 Å². The maximum atomic E-state index is 12.1. The predicted molar refractivity (Wildman–Crippen MR) is 66.6 cm³/mol. The summed E-state index contributed by atoms with van der Waals surface area (Å²) in [4.78, 5) is 12.1. The van der Waals surface area contributed by atoms with Crippen molar-refractivity contribution in [3.63, 3.8) is 0 Å². The number of hydrogen-bond acceptors (Lipinski definition) is 3. The highest BCUT2D eigenvalue weighted by molar-refractivity contribution is 5.82. The summed E-state index contributed by atoms with van der Waals surface area (Å²) in [5.74, 6) is 0.686. The average Bonchev–Trinajstić information content (AvgIpc) is 2.32. The Morgan fingerprint density at radius 2 is 2.06 bits per heavy atom. The van der Waals surface area contributed by atoms with Crippen LogP contribution >= 0.6 is 0 Å². The van der Waals surface area contributed by atoms with Crippen molar-refractivity contribution in [3.05, 3.63) is 0 Å². The molecule has 0 aromatic rings. The van der Waals surface area contributed by atoms with E-state index in [9.17, 15) is 9.90 Å². The summed E-state index contributed by atoms with van der Waals surface area (Å²) in [6.45, 7) is 3.11. The zero-order valence-electron chi connectivity index (χ0n) is 10.6. The molecule has 0 aromatic carbocycles. The predicted octanol–water partition coefficient (Wildman–Crippen LogP) is 0.794. The van der Waals surface area contributed by atoms with Gasteiger partial charge >= 0.3 is 0 Å². The number of carbonyl (C=O) groups is 1. The molecule has 3 N–H and O–H groups in total. The Morgan fingerprint density at radius 1 is 1.29 bits per heavy atom. The van der Waals surface area contributed by atoms with Crippen molar-refractivity contribution in [1.29, 1.82) is 0 Å². The summed E-state index contributed by atoms with van der Waals surface area (Å²) in [5.41, 5.74) is 0. The van der Waals surface area contributed by atoms with Crippen molar-refractivity contribution in [2.45, 2.75) is 63.6 Å². The minimum Gasteiger partial charge on any atom is -0.391 e. The van der Waals surface area contributed by atoms with Gasteiger partial charge in [-0.2, -0.15) is 0 Å². The molecule has 1 aliphatic carbocycles. The van der Waals surface area contributed by atoms with Crippen molar-refractivity contribution in [3.8, 4) is 0 Å². The molecule has 1 saturated heterocycles. The smallest absolute Gasteiger partial charge is 0.237 e. The van der Waals surface area contributed by atoms with Crippen LogP contribution in [0, 0.1) is 5.92 Å². The molecule has 0 bridgehead atoms. The van der Waals surface area contributed by atoms with E-state index >= 15 is 0 Å². The van der Waals surface area contributed by atoms with Gasteiger partial charge in [0.2, 0.25) is 5.91 Å². The molecule has 2 rings (SSSR count). The van der Waals surface area contributed by atoms with Gasteiger partial charge in [-0.05, 0) is 38.1 Å². The first-order valence-corrected chi connectivity index (χ1v) is 6.88. The lowest BCUT2D eigenvalue weighted by molar-refractivity contribution is -0.126. The summed E-state index contributed by atoms with van der Waals surface area (Å²) >= 11 is 0. The van der Waals surface area contributed by atoms with E-state index in [1.165, 1.54) is 0 Å². The van der Waals surface area contributed by atoms with Crippen molar-refractivity contribution < 1.29 is 9.90 Å². The molecule has 1 aliphatic heterocycles. The standard InChI is InChI=1S/C13H24N2O2/c1-9-6-7-14-11(8-9)13(17)15-10-4-2-3-5-12(10)16/h9-12,14,16H,2-8H2,1H3,(H,15,17)/t9?,10-,11?,12-/m0/s1. The molecule has 0 radical (unpaired) electrons. The van der Waals surface area contributed by atoms with Crippen LogP contribution in [0.2, 0.25) is 0 Å². The number of aliphatic hydroxyl groups is 1. The van der Waals surface area contributed by atoms with E-state index in [-0.39, 0.29) is 24.1 Å². The van der Waals surface area contributed by atoms with Crippen LogP contribution in [0.4, 0.5) is 0 Å². The maximum Gasteiger partial charge on any atom is 0.237 e. The quantitative estimate of drug-likeness (QED) is 0.669. The van der Waals surface area contributed by atoms with Gasteiger partial charge in [0.1, 0.15) is 0 Å². The molecule has 2 unspecified atom stereocenters. The number of carbonyl (C=O) groups excluding carboxylic acids is 1. The summed E-state index contributed by atoms with van der Waals surface area (Å²) < 4.78 is 0. The third kappa shape index (κ3) is 3.42. The number of amides is 1. The molecule has 1 saturated carbocycles. The Kier molecular flexibility index (Phi) is 4.40. The first kappa shape index (κ1) is 12.8. The van der Waals surface area contributed by atoms with E-state index in [1.54, 1.807) is 0 Å². The Labute approximate surface area is 103 Å². The normalized spacial score (nSPS) is 38.7. The maximum absolute atomic E-state index is 12.1. The molecular weight excluding hydrogens is 216 g/mol. The number of nitrogens with one attached hydrogen (secondary N) is 2. The molecule has 17 heavy (non-hydrogen) atoms. The summed E-state index contributed by atoms with van der Waals surface area (Å²) in [6, 6.07) is -0.0943. The van der Waals surface area contributed by atoms with Crippen LogP contribution in [0.15, 0.2) is 0 Å². The fourth-order valence-electron chi connectivity index (χ4n) is 2.87. The van der Waals surface area contributed by atoms with Crippen LogP contribution in [0.25, 0.3) is 0 Å². The zero-order chi connectivity index (χ0) is 12.3. The second-order valence-corrected chi connectivity index (χ2v) is 5.60. The number of rotatable bonds is 2. The minimum absolute atomic E-state index is 0.0321. The highest BCUT2D eigenvalue weighted by Gasteiger charge is 2.29. The molecule has 98 valence electrons. The van der Waals surface area contributed by atoms with Crippen LogP contribution in [0.5, 0.6) is 0 Å². The topological polar surface area (TPSA) is 61.4 Å². The van der Waals surface area contributed by atoms with Crippen LogP contribution in [-0.2, 0) is 4.79 Å². The van der Waals surface area contributed by atoms with Gasteiger partial charge in [0, 0.05) is 0 Å². The van der Waals surface area contributed by atoms with E-state index in [4.69, 9.17) is 0 Å². The van der Waals surface area contributed by atoms with Gasteiger partial charge < -0.3 is 15.7 Å². The number of hydrogen-bond donors (Lipinski definition) is 3. The Balaban J connectivity index is 1.83. The van der Waals surface area contributed by atoms with E-state index < -0.39 is 0 Å². The monoisotopic (exact) mass is 240 g/mol. The van der Waals surface area contributed by atoms with E-state index in [0.29, 0.717) is 5.92 Å². The third-order valence-electron chi connectivity index (χ3n) is 4.04. The second kappa shape index (κ2) is 5.83.